The Hall–Kier alpha value is -2.38. The molecule has 7 heteroatoms. The van der Waals surface area contributed by atoms with Crippen molar-refractivity contribution in [3.05, 3.63) is 40.7 Å². The molecule has 1 atom stereocenters. The first-order chi connectivity index (χ1) is 10.2. The van der Waals surface area contributed by atoms with Crippen molar-refractivity contribution >= 4 is 11.6 Å². The fraction of sp³-hybridized carbons (Fsp3) is 0.286. The summed E-state index contributed by atoms with van der Waals surface area (Å²) in [4.78, 5) is 23.1. The molecule has 0 radical (unpaired) electrons. The van der Waals surface area contributed by atoms with Crippen LogP contribution in [-0.2, 0) is 9.53 Å². The number of ether oxygens (including phenoxy) is 1. The van der Waals surface area contributed by atoms with Crippen LogP contribution in [0.5, 0.6) is 0 Å². The van der Waals surface area contributed by atoms with E-state index in [0.717, 1.165) is 12.1 Å². The van der Waals surface area contributed by atoms with E-state index in [1.807, 2.05) is 12.1 Å². The lowest BCUT2D eigenvalue weighted by Crippen LogP contribution is -2.45. The third-order valence-electron chi connectivity index (χ3n) is 3.28. The van der Waals surface area contributed by atoms with E-state index in [2.05, 4.69) is 20.8 Å². The van der Waals surface area contributed by atoms with Gasteiger partial charge >= 0.3 is 0 Å². The van der Waals surface area contributed by atoms with Gasteiger partial charge in [-0.05, 0) is 17.7 Å². The summed E-state index contributed by atoms with van der Waals surface area (Å²) in [6, 6.07) is 8.71. The molecule has 4 N–H and O–H groups in total. The minimum atomic E-state index is -0.459. The van der Waals surface area contributed by atoms with Gasteiger partial charge in [-0.3, -0.25) is 19.8 Å². The Balaban J connectivity index is 1.66. The van der Waals surface area contributed by atoms with Gasteiger partial charge in [0.05, 0.1) is 12.3 Å². The van der Waals surface area contributed by atoms with E-state index < -0.39 is 6.10 Å². The van der Waals surface area contributed by atoms with Crippen molar-refractivity contribution in [2.24, 2.45) is 0 Å². The molecule has 1 saturated heterocycles. The molecule has 0 saturated carbocycles. The van der Waals surface area contributed by atoms with E-state index >= 15 is 0 Å². The van der Waals surface area contributed by atoms with E-state index in [4.69, 9.17) is 4.74 Å². The molecule has 0 aliphatic carbocycles. The van der Waals surface area contributed by atoms with Crippen molar-refractivity contribution in [1.29, 1.82) is 0 Å². The summed E-state index contributed by atoms with van der Waals surface area (Å²) in [7, 11) is 0. The molecule has 7 nitrogen and oxygen atoms in total. The predicted molar refractivity (Wildman–Crippen MR) is 78.1 cm³/mol. The van der Waals surface area contributed by atoms with E-state index in [-0.39, 0.29) is 11.5 Å². The zero-order valence-corrected chi connectivity index (χ0v) is 11.3. The van der Waals surface area contributed by atoms with Gasteiger partial charge in [-0.25, -0.2) is 0 Å². The van der Waals surface area contributed by atoms with Crippen molar-refractivity contribution in [3.63, 3.8) is 0 Å². The topological polar surface area (TPSA) is 99.0 Å². The highest BCUT2D eigenvalue weighted by Crippen LogP contribution is 2.18. The van der Waals surface area contributed by atoms with Gasteiger partial charge in [-0.1, -0.05) is 12.1 Å². The molecule has 3 rings (SSSR count). The fourth-order valence-corrected chi connectivity index (χ4v) is 2.18. The van der Waals surface area contributed by atoms with Gasteiger partial charge < -0.3 is 15.4 Å². The maximum Gasteiger partial charge on any atom is 0.264 e. The standard InChI is InChI=1S/C14H16N4O3/c19-13-7-11(17-18-13)9-1-3-10(4-2-9)16-14(20)12-8-15-5-6-21-12/h1-4,7,12,15H,5-6,8H2,(H,16,20)(H2,17,18,19). The quantitative estimate of drug-likeness (QED) is 0.652. The monoisotopic (exact) mass is 288 g/mol. The van der Waals surface area contributed by atoms with Crippen LogP contribution in [0.2, 0.25) is 0 Å². The third-order valence-corrected chi connectivity index (χ3v) is 3.28. The second kappa shape index (κ2) is 5.94. The molecule has 0 bridgehead atoms. The molecule has 1 amide bonds. The Morgan fingerprint density at radius 2 is 2.05 bits per heavy atom. The largest absolute Gasteiger partial charge is 0.366 e. The SMILES string of the molecule is O=C(Nc1ccc(-c2cc(=O)[nH][nH]2)cc1)C1CNCCO1. The Kier molecular flexibility index (Phi) is 3.85. The summed E-state index contributed by atoms with van der Waals surface area (Å²) in [6.45, 7) is 1.83. The molecule has 1 unspecified atom stereocenters. The van der Waals surface area contributed by atoms with Gasteiger partial charge in [0.2, 0.25) is 0 Å². The maximum absolute atomic E-state index is 12.0. The van der Waals surface area contributed by atoms with Gasteiger partial charge in [-0.15, -0.1) is 0 Å². The molecule has 1 aliphatic heterocycles. The summed E-state index contributed by atoms with van der Waals surface area (Å²) >= 11 is 0. The number of amides is 1. The van der Waals surface area contributed by atoms with Gasteiger partial charge in [0, 0.05) is 24.8 Å². The molecular formula is C14H16N4O3. The number of aromatic amines is 2. The van der Waals surface area contributed by atoms with E-state index in [9.17, 15) is 9.59 Å². The number of nitrogens with one attached hydrogen (secondary N) is 4. The Morgan fingerprint density at radius 3 is 2.67 bits per heavy atom. The first-order valence-electron chi connectivity index (χ1n) is 6.74. The Bertz CT molecular complexity index is 668. The van der Waals surface area contributed by atoms with Gasteiger partial charge in [0.25, 0.3) is 11.5 Å². The lowest BCUT2D eigenvalue weighted by atomic mass is 10.1. The van der Waals surface area contributed by atoms with Crippen LogP contribution < -0.4 is 16.2 Å². The second-order valence-electron chi connectivity index (χ2n) is 4.80. The molecule has 2 aromatic rings. The summed E-state index contributed by atoms with van der Waals surface area (Å²) < 4.78 is 5.39. The van der Waals surface area contributed by atoms with E-state index in [0.29, 0.717) is 24.5 Å². The van der Waals surface area contributed by atoms with Crippen molar-refractivity contribution < 1.29 is 9.53 Å². The second-order valence-corrected chi connectivity index (χ2v) is 4.80. The van der Waals surface area contributed by atoms with Crippen LogP contribution in [0.1, 0.15) is 0 Å². The van der Waals surface area contributed by atoms with E-state index in [1.54, 1.807) is 12.1 Å². The highest BCUT2D eigenvalue weighted by molar-refractivity contribution is 5.94. The van der Waals surface area contributed by atoms with Crippen molar-refractivity contribution in [1.82, 2.24) is 15.5 Å². The predicted octanol–water partition coefficient (Wildman–Crippen LogP) is 0.297. The molecule has 2 heterocycles. The van der Waals surface area contributed by atoms with Crippen LogP contribution in [0.15, 0.2) is 35.1 Å². The normalized spacial score (nSPS) is 18.4. The highest BCUT2D eigenvalue weighted by Gasteiger charge is 2.21. The van der Waals surface area contributed by atoms with Gasteiger partial charge in [-0.2, -0.15) is 0 Å². The van der Waals surface area contributed by atoms with Crippen LogP contribution >= 0.6 is 0 Å². The number of morpholine rings is 1. The smallest absolute Gasteiger partial charge is 0.264 e. The minimum absolute atomic E-state index is 0.162. The minimum Gasteiger partial charge on any atom is -0.366 e. The van der Waals surface area contributed by atoms with Crippen molar-refractivity contribution in [2.45, 2.75) is 6.10 Å². The first kappa shape index (κ1) is 13.6. The Morgan fingerprint density at radius 1 is 1.24 bits per heavy atom. The van der Waals surface area contributed by atoms with Crippen molar-refractivity contribution in [2.75, 3.05) is 25.0 Å². The molecular weight excluding hydrogens is 272 g/mol. The fourth-order valence-electron chi connectivity index (χ4n) is 2.18. The molecule has 21 heavy (non-hydrogen) atoms. The third kappa shape index (κ3) is 3.21. The number of rotatable bonds is 3. The van der Waals surface area contributed by atoms with Crippen LogP contribution in [0.4, 0.5) is 5.69 Å². The number of hydrogen-bond donors (Lipinski definition) is 4. The van der Waals surface area contributed by atoms with E-state index in [1.165, 1.54) is 6.07 Å². The first-order valence-corrected chi connectivity index (χ1v) is 6.74. The van der Waals surface area contributed by atoms with Crippen LogP contribution in [-0.4, -0.2) is 41.9 Å². The molecule has 1 fully saturated rings. The maximum atomic E-state index is 12.0. The van der Waals surface area contributed by atoms with Crippen LogP contribution in [0.25, 0.3) is 11.3 Å². The molecule has 0 spiro atoms. The van der Waals surface area contributed by atoms with Crippen LogP contribution in [0, 0.1) is 0 Å². The van der Waals surface area contributed by atoms with Gasteiger partial charge in [0.15, 0.2) is 0 Å². The number of benzene rings is 1. The zero-order chi connectivity index (χ0) is 14.7. The van der Waals surface area contributed by atoms with Crippen LogP contribution in [0.3, 0.4) is 0 Å². The molecule has 110 valence electrons. The number of carbonyl (C=O) groups is 1. The number of hydrogen-bond acceptors (Lipinski definition) is 4. The lowest BCUT2D eigenvalue weighted by Gasteiger charge is -2.22. The summed E-state index contributed by atoms with van der Waals surface area (Å²) in [5.74, 6) is -0.162. The lowest BCUT2D eigenvalue weighted by molar-refractivity contribution is -0.128. The van der Waals surface area contributed by atoms with Crippen molar-refractivity contribution in [3.8, 4) is 11.3 Å². The molecule has 1 aromatic carbocycles. The number of aromatic nitrogens is 2. The molecule has 1 aliphatic rings. The Labute approximate surface area is 120 Å². The summed E-state index contributed by atoms with van der Waals surface area (Å²) in [6.07, 6.45) is -0.459. The summed E-state index contributed by atoms with van der Waals surface area (Å²) in [5, 5.41) is 11.2. The zero-order valence-electron chi connectivity index (χ0n) is 11.3. The highest BCUT2D eigenvalue weighted by atomic mass is 16.5. The average molecular weight is 288 g/mol. The summed E-state index contributed by atoms with van der Waals surface area (Å²) in [5.41, 5.74) is 2.08. The number of H-pyrrole nitrogens is 2. The van der Waals surface area contributed by atoms with Gasteiger partial charge in [0.1, 0.15) is 6.10 Å². The number of anilines is 1. The molecule has 1 aromatic heterocycles. The average Bonchev–Trinajstić information content (AvgIpc) is 2.95. The number of carbonyl (C=O) groups excluding carboxylic acids is 1.